The van der Waals surface area contributed by atoms with Crippen molar-refractivity contribution in [1.82, 2.24) is 5.32 Å². The number of terminal acetylenes is 1. The van der Waals surface area contributed by atoms with Gasteiger partial charge < -0.3 is 10.1 Å². The van der Waals surface area contributed by atoms with Crippen LogP contribution in [0, 0.1) is 12.3 Å². The molecule has 1 aromatic rings. The van der Waals surface area contributed by atoms with E-state index in [1.165, 1.54) is 18.4 Å². The Hall–Kier alpha value is -0.980. The van der Waals surface area contributed by atoms with Gasteiger partial charge in [-0.05, 0) is 46.5 Å². The van der Waals surface area contributed by atoms with Gasteiger partial charge in [0.15, 0.2) is 0 Å². The van der Waals surface area contributed by atoms with Crippen LogP contribution in [0.2, 0.25) is 0 Å². The summed E-state index contributed by atoms with van der Waals surface area (Å²) < 4.78 is 6.33. The number of rotatable bonds is 5. The fraction of sp³-hybridized carbons (Fsp3) is 0.385. The minimum absolute atomic E-state index is 0.304. The Morgan fingerprint density at radius 1 is 1.50 bits per heavy atom. The van der Waals surface area contributed by atoms with Crippen molar-refractivity contribution < 1.29 is 4.74 Å². The number of ether oxygens (including phenoxy) is 1. The fourth-order valence-corrected chi connectivity index (χ4v) is 1.98. The van der Waals surface area contributed by atoms with E-state index in [1.54, 1.807) is 0 Å². The standard InChI is InChI=1S/C13H14BrNO/c1-2-7-16-13-6-3-10(8-12(13)14)9-15-11-4-5-11/h1,3,6,8,11,15H,4-5,7,9H2. The highest BCUT2D eigenvalue weighted by atomic mass is 79.9. The van der Waals surface area contributed by atoms with E-state index in [9.17, 15) is 0 Å². The van der Waals surface area contributed by atoms with Crippen molar-refractivity contribution in [2.45, 2.75) is 25.4 Å². The van der Waals surface area contributed by atoms with E-state index in [4.69, 9.17) is 11.2 Å². The van der Waals surface area contributed by atoms with Crippen molar-refractivity contribution in [3.05, 3.63) is 28.2 Å². The molecule has 0 heterocycles. The van der Waals surface area contributed by atoms with Gasteiger partial charge in [-0.3, -0.25) is 0 Å². The summed E-state index contributed by atoms with van der Waals surface area (Å²) >= 11 is 3.48. The molecule has 0 radical (unpaired) electrons. The third kappa shape index (κ3) is 3.26. The van der Waals surface area contributed by atoms with E-state index in [2.05, 4.69) is 39.3 Å². The first-order chi connectivity index (χ1) is 7.79. The predicted octanol–water partition coefficient (Wildman–Crippen LogP) is 2.71. The van der Waals surface area contributed by atoms with Crippen molar-refractivity contribution in [3.8, 4) is 18.1 Å². The van der Waals surface area contributed by atoms with E-state index >= 15 is 0 Å². The highest BCUT2D eigenvalue weighted by Gasteiger charge is 2.19. The number of hydrogen-bond donors (Lipinski definition) is 1. The average molecular weight is 280 g/mol. The summed E-state index contributed by atoms with van der Waals surface area (Å²) in [5.74, 6) is 3.25. The number of hydrogen-bond acceptors (Lipinski definition) is 2. The van der Waals surface area contributed by atoms with Gasteiger partial charge in [-0.1, -0.05) is 12.0 Å². The van der Waals surface area contributed by atoms with Gasteiger partial charge in [-0.2, -0.15) is 0 Å². The molecule has 84 valence electrons. The Labute approximate surface area is 105 Å². The Balaban J connectivity index is 1.94. The topological polar surface area (TPSA) is 21.3 Å². The largest absolute Gasteiger partial charge is 0.480 e. The van der Waals surface area contributed by atoms with Crippen LogP contribution in [0.5, 0.6) is 5.75 Å². The predicted molar refractivity (Wildman–Crippen MR) is 68.3 cm³/mol. The van der Waals surface area contributed by atoms with E-state index in [-0.39, 0.29) is 0 Å². The van der Waals surface area contributed by atoms with Crippen LogP contribution in [0.3, 0.4) is 0 Å². The van der Waals surface area contributed by atoms with Crippen LogP contribution in [0.15, 0.2) is 22.7 Å². The van der Waals surface area contributed by atoms with Crippen molar-refractivity contribution in [2.24, 2.45) is 0 Å². The summed E-state index contributed by atoms with van der Waals surface area (Å²) in [5.41, 5.74) is 1.26. The smallest absolute Gasteiger partial charge is 0.148 e. The lowest BCUT2D eigenvalue weighted by atomic mass is 10.2. The SMILES string of the molecule is C#CCOc1ccc(CNC2CC2)cc1Br. The number of nitrogens with one attached hydrogen (secondary N) is 1. The molecule has 1 saturated carbocycles. The molecule has 2 rings (SSSR count). The van der Waals surface area contributed by atoms with E-state index < -0.39 is 0 Å². The first-order valence-corrected chi connectivity index (χ1v) is 6.17. The number of benzene rings is 1. The molecule has 0 aliphatic heterocycles. The molecule has 3 heteroatoms. The second kappa shape index (κ2) is 5.38. The molecule has 0 spiro atoms. The van der Waals surface area contributed by atoms with Crippen LogP contribution >= 0.6 is 15.9 Å². The first-order valence-electron chi connectivity index (χ1n) is 5.37. The van der Waals surface area contributed by atoms with Crippen molar-refractivity contribution >= 4 is 15.9 Å². The summed E-state index contributed by atoms with van der Waals surface area (Å²) in [6.07, 6.45) is 7.76. The molecular weight excluding hydrogens is 266 g/mol. The zero-order chi connectivity index (χ0) is 11.4. The molecule has 0 unspecified atom stereocenters. The lowest BCUT2D eigenvalue weighted by Crippen LogP contribution is -2.15. The monoisotopic (exact) mass is 279 g/mol. The summed E-state index contributed by atoms with van der Waals surface area (Å²) in [5, 5.41) is 3.47. The molecule has 0 saturated heterocycles. The lowest BCUT2D eigenvalue weighted by Gasteiger charge is -2.08. The third-order valence-electron chi connectivity index (χ3n) is 2.48. The van der Waals surface area contributed by atoms with Crippen molar-refractivity contribution in [3.63, 3.8) is 0 Å². The van der Waals surface area contributed by atoms with Crippen LogP contribution in [-0.2, 0) is 6.54 Å². The highest BCUT2D eigenvalue weighted by molar-refractivity contribution is 9.10. The second-order valence-electron chi connectivity index (χ2n) is 3.91. The minimum Gasteiger partial charge on any atom is -0.480 e. The lowest BCUT2D eigenvalue weighted by molar-refractivity contribution is 0.368. The summed E-state index contributed by atoms with van der Waals surface area (Å²) in [7, 11) is 0. The van der Waals surface area contributed by atoms with Gasteiger partial charge in [-0.15, -0.1) is 6.42 Å². The molecule has 0 bridgehead atoms. The zero-order valence-electron chi connectivity index (χ0n) is 9.00. The van der Waals surface area contributed by atoms with Gasteiger partial charge in [0.05, 0.1) is 4.47 Å². The van der Waals surface area contributed by atoms with Gasteiger partial charge in [0, 0.05) is 12.6 Å². The maximum Gasteiger partial charge on any atom is 0.148 e. The Bertz CT molecular complexity index is 407. The molecule has 0 aromatic heterocycles. The van der Waals surface area contributed by atoms with Crippen molar-refractivity contribution in [1.29, 1.82) is 0 Å². The Kier molecular flexibility index (Phi) is 3.87. The third-order valence-corrected chi connectivity index (χ3v) is 3.10. The Morgan fingerprint density at radius 2 is 2.31 bits per heavy atom. The van der Waals surface area contributed by atoms with E-state index in [0.717, 1.165) is 22.8 Å². The molecule has 16 heavy (non-hydrogen) atoms. The quantitative estimate of drug-likeness (QED) is 0.837. The van der Waals surface area contributed by atoms with Crippen LogP contribution < -0.4 is 10.1 Å². The molecule has 1 aliphatic carbocycles. The maximum absolute atomic E-state index is 5.38. The minimum atomic E-state index is 0.304. The maximum atomic E-state index is 5.38. The summed E-state index contributed by atoms with van der Waals surface area (Å²) in [6, 6.07) is 6.81. The molecule has 1 N–H and O–H groups in total. The molecule has 1 aromatic carbocycles. The summed E-state index contributed by atoms with van der Waals surface area (Å²) in [6.45, 7) is 1.22. The average Bonchev–Trinajstić information content (AvgIpc) is 3.09. The normalized spacial score (nSPS) is 14.5. The molecule has 1 fully saturated rings. The van der Waals surface area contributed by atoms with Gasteiger partial charge in [-0.25, -0.2) is 0 Å². The van der Waals surface area contributed by atoms with Crippen LogP contribution in [0.25, 0.3) is 0 Å². The second-order valence-corrected chi connectivity index (χ2v) is 4.77. The van der Waals surface area contributed by atoms with E-state index in [0.29, 0.717) is 6.61 Å². The molecule has 1 aliphatic rings. The molecule has 2 nitrogen and oxygen atoms in total. The van der Waals surface area contributed by atoms with Gasteiger partial charge in [0.2, 0.25) is 0 Å². The van der Waals surface area contributed by atoms with Crippen LogP contribution in [0.1, 0.15) is 18.4 Å². The zero-order valence-corrected chi connectivity index (χ0v) is 10.6. The van der Waals surface area contributed by atoms with Gasteiger partial charge in [0.25, 0.3) is 0 Å². The van der Waals surface area contributed by atoms with Crippen molar-refractivity contribution in [2.75, 3.05) is 6.61 Å². The highest BCUT2D eigenvalue weighted by Crippen LogP contribution is 2.26. The fourth-order valence-electron chi connectivity index (χ4n) is 1.44. The van der Waals surface area contributed by atoms with Crippen LogP contribution in [-0.4, -0.2) is 12.6 Å². The summed E-state index contributed by atoms with van der Waals surface area (Å²) in [4.78, 5) is 0. The molecule has 0 atom stereocenters. The van der Waals surface area contributed by atoms with Gasteiger partial charge >= 0.3 is 0 Å². The molecular formula is C13H14BrNO. The van der Waals surface area contributed by atoms with Crippen LogP contribution in [0.4, 0.5) is 0 Å². The Morgan fingerprint density at radius 3 is 2.94 bits per heavy atom. The van der Waals surface area contributed by atoms with E-state index in [1.807, 2.05) is 6.07 Å². The number of halogens is 1. The molecule has 0 amide bonds. The van der Waals surface area contributed by atoms with Gasteiger partial charge in [0.1, 0.15) is 12.4 Å². The first kappa shape index (κ1) is 11.5.